The van der Waals surface area contributed by atoms with Crippen LogP contribution in [0.2, 0.25) is 0 Å². The molecule has 0 heterocycles. The van der Waals surface area contributed by atoms with Crippen molar-refractivity contribution in [2.24, 2.45) is 0 Å². The molecule has 0 bridgehead atoms. The van der Waals surface area contributed by atoms with Crippen molar-refractivity contribution >= 4 is 5.97 Å². The second-order valence-electron chi connectivity index (χ2n) is 2.33. The van der Waals surface area contributed by atoms with Crippen LogP contribution in [0.3, 0.4) is 0 Å². The monoisotopic (exact) mass is 202 g/mol. The van der Waals surface area contributed by atoms with Gasteiger partial charge in [-0.3, -0.25) is 0 Å². The van der Waals surface area contributed by atoms with E-state index in [2.05, 4.69) is 11.3 Å². The van der Waals surface area contributed by atoms with Gasteiger partial charge in [-0.05, 0) is 0 Å². The number of esters is 1. The van der Waals surface area contributed by atoms with Gasteiger partial charge in [0.25, 0.3) is 0 Å². The van der Waals surface area contributed by atoms with Crippen molar-refractivity contribution in [1.29, 1.82) is 0 Å². The fraction of sp³-hybridized carbons (Fsp3) is 0. The fourth-order valence-electron chi connectivity index (χ4n) is 0.749. The second kappa shape index (κ2) is 3.95. The molecule has 0 aromatic heterocycles. The van der Waals surface area contributed by atoms with Crippen molar-refractivity contribution in [3.8, 4) is 5.75 Å². The average Bonchev–Trinajstić information content (AvgIpc) is 2.14. The van der Waals surface area contributed by atoms with Gasteiger partial charge in [-0.25, -0.2) is 18.0 Å². The quantitative estimate of drug-likeness (QED) is 0.318. The molecule has 2 nitrogen and oxygen atoms in total. The van der Waals surface area contributed by atoms with Crippen molar-refractivity contribution in [2.45, 2.75) is 0 Å². The van der Waals surface area contributed by atoms with E-state index in [0.717, 1.165) is 6.08 Å². The third-order valence-electron chi connectivity index (χ3n) is 1.34. The van der Waals surface area contributed by atoms with Crippen molar-refractivity contribution in [3.05, 3.63) is 42.2 Å². The van der Waals surface area contributed by atoms with Crippen LogP contribution in [-0.4, -0.2) is 5.97 Å². The molecule has 0 unspecified atom stereocenters. The van der Waals surface area contributed by atoms with Crippen LogP contribution < -0.4 is 4.74 Å². The summed E-state index contributed by atoms with van der Waals surface area (Å²) in [6.45, 7) is 3.08. The van der Waals surface area contributed by atoms with Crippen LogP contribution in [0.4, 0.5) is 13.2 Å². The minimum Gasteiger partial charge on any atom is -0.423 e. The first-order chi connectivity index (χ1) is 6.54. The van der Waals surface area contributed by atoms with E-state index in [-0.39, 0.29) is 0 Å². The summed E-state index contributed by atoms with van der Waals surface area (Å²) in [5, 5.41) is 0. The fourth-order valence-corrected chi connectivity index (χ4v) is 0.749. The van der Waals surface area contributed by atoms with Gasteiger partial charge >= 0.3 is 5.97 Å². The Morgan fingerprint density at radius 1 is 1.29 bits per heavy atom. The van der Waals surface area contributed by atoms with Gasteiger partial charge in [0, 0.05) is 18.2 Å². The third-order valence-corrected chi connectivity index (χ3v) is 1.34. The molecule has 14 heavy (non-hydrogen) atoms. The van der Waals surface area contributed by atoms with Gasteiger partial charge in [0.2, 0.25) is 0 Å². The Hall–Kier alpha value is -1.78. The molecule has 1 aromatic carbocycles. The molecular weight excluding hydrogens is 197 g/mol. The standard InChI is InChI=1S/C9H5F3O2/c1-2-8(13)14-5-3-6(10)9(12)7(11)4-5/h2-4H,1H2. The molecule has 0 fully saturated rings. The van der Waals surface area contributed by atoms with Crippen LogP contribution in [0.15, 0.2) is 24.8 Å². The van der Waals surface area contributed by atoms with Gasteiger partial charge in [0.15, 0.2) is 17.5 Å². The van der Waals surface area contributed by atoms with Gasteiger partial charge < -0.3 is 4.74 Å². The minimum atomic E-state index is -1.61. The highest BCUT2D eigenvalue weighted by Gasteiger charge is 2.12. The highest BCUT2D eigenvalue weighted by Crippen LogP contribution is 2.19. The van der Waals surface area contributed by atoms with Gasteiger partial charge in [0.05, 0.1) is 0 Å². The zero-order valence-corrected chi connectivity index (χ0v) is 6.89. The Morgan fingerprint density at radius 2 is 1.79 bits per heavy atom. The lowest BCUT2D eigenvalue weighted by molar-refractivity contribution is -0.128. The molecule has 1 rings (SSSR count). The van der Waals surface area contributed by atoms with Gasteiger partial charge in [-0.15, -0.1) is 0 Å². The van der Waals surface area contributed by atoms with Crippen molar-refractivity contribution < 1.29 is 22.7 Å². The minimum absolute atomic E-state index is 0.411. The zero-order chi connectivity index (χ0) is 10.7. The third kappa shape index (κ3) is 2.12. The summed E-state index contributed by atoms with van der Waals surface area (Å²) in [4.78, 5) is 10.6. The summed E-state index contributed by atoms with van der Waals surface area (Å²) in [5.41, 5.74) is 0. The van der Waals surface area contributed by atoms with E-state index in [9.17, 15) is 18.0 Å². The van der Waals surface area contributed by atoms with Crippen LogP contribution in [-0.2, 0) is 4.79 Å². The number of benzene rings is 1. The number of hydrogen-bond acceptors (Lipinski definition) is 2. The van der Waals surface area contributed by atoms with E-state index in [1.165, 1.54) is 0 Å². The van der Waals surface area contributed by atoms with Crippen LogP contribution in [0, 0.1) is 17.5 Å². The van der Waals surface area contributed by atoms with E-state index in [1.807, 2.05) is 0 Å². The number of halogens is 3. The van der Waals surface area contributed by atoms with Crippen LogP contribution in [0.25, 0.3) is 0 Å². The predicted molar refractivity (Wildman–Crippen MR) is 42.1 cm³/mol. The lowest BCUT2D eigenvalue weighted by atomic mass is 10.3. The molecule has 0 amide bonds. The molecule has 1 aromatic rings. The highest BCUT2D eigenvalue weighted by molar-refractivity contribution is 5.83. The summed E-state index contributed by atoms with van der Waals surface area (Å²) in [6.07, 6.45) is 0.819. The molecule has 0 aliphatic rings. The largest absolute Gasteiger partial charge is 0.423 e. The lowest BCUT2D eigenvalue weighted by Gasteiger charge is -2.02. The average molecular weight is 202 g/mol. The van der Waals surface area contributed by atoms with Gasteiger partial charge in [-0.2, -0.15) is 0 Å². The molecule has 0 spiro atoms. The Morgan fingerprint density at radius 3 is 2.21 bits per heavy atom. The first kappa shape index (κ1) is 10.3. The van der Waals surface area contributed by atoms with Gasteiger partial charge in [-0.1, -0.05) is 6.58 Å². The van der Waals surface area contributed by atoms with Gasteiger partial charge in [0.1, 0.15) is 5.75 Å². The van der Waals surface area contributed by atoms with E-state index >= 15 is 0 Å². The molecule has 0 saturated carbocycles. The number of rotatable bonds is 2. The van der Waals surface area contributed by atoms with E-state index in [1.54, 1.807) is 0 Å². The number of ether oxygens (including phenoxy) is 1. The molecule has 0 aliphatic heterocycles. The molecule has 74 valence electrons. The van der Waals surface area contributed by atoms with E-state index < -0.39 is 29.2 Å². The highest BCUT2D eigenvalue weighted by atomic mass is 19.2. The number of carbonyl (C=O) groups is 1. The van der Waals surface area contributed by atoms with Crippen LogP contribution >= 0.6 is 0 Å². The molecule has 0 N–H and O–H groups in total. The molecule has 0 atom stereocenters. The van der Waals surface area contributed by atoms with E-state index in [0.29, 0.717) is 12.1 Å². The topological polar surface area (TPSA) is 26.3 Å². The van der Waals surface area contributed by atoms with E-state index in [4.69, 9.17) is 0 Å². The Balaban J connectivity index is 3.01. The Bertz CT molecular complexity index is 365. The SMILES string of the molecule is C=CC(=O)Oc1cc(F)c(F)c(F)c1. The summed E-state index contributed by atoms with van der Waals surface area (Å²) >= 11 is 0. The number of hydrogen-bond donors (Lipinski definition) is 0. The maximum atomic E-state index is 12.6. The normalized spacial score (nSPS) is 9.64. The van der Waals surface area contributed by atoms with Crippen LogP contribution in [0.1, 0.15) is 0 Å². The summed E-state index contributed by atoms with van der Waals surface area (Å²) in [6, 6.07) is 1.14. The number of carbonyl (C=O) groups excluding carboxylic acids is 1. The molecular formula is C9H5F3O2. The lowest BCUT2D eigenvalue weighted by Crippen LogP contribution is -2.04. The molecule has 0 saturated heterocycles. The first-order valence-corrected chi connectivity index (χ1v) is 3.53. The first-order valence-electron chi connectivity index (χ1n) is 3.53. The summed E-state index contributed by atoms with van der Waals surface area (Å²) in [5.74, 6) is -5.74. The maximum absolute atomic E-state index is 12.6. The van der Waals surface area contributed by atoms with Crippen molar-refractivity contribution in [3.63, 3.8) is 0 Å². The maximum Gasteiger partial charge on any atom is 0.335 e. The van der Waals surface area contributed by atoms with Crippen molar-refractivity contribution in [2.75, 3.05) is 0 Å². The molecule has 5 heteroatoms. The predicted octanol–water partition coefficient (Wildman–Crippen LogP) is 2.20. The Kier molecular flexibility index (Phi) is 2.91. The second-order valence-corrected chi connectivity index (χ2v) is 2.33. The molecule has 0 aliphatic carbocycles. The smallest absolute Gasteiger partial charge is 0.335 e. The summed E-state index contributed by atoms with van der Waals surface area (Å²) in [7, 11) is 0. The van der Waals surface area contributed by atoms with Crippen molar-refractivity contribution in [1.82, 2.24) is 0 Å². The Labute approximate surface area is 77.6 Å². The summed E-state index contributed by atoms with van der Waals surface area (Å²) < 4.78 is 41.9. The van der Waals surface area contributed by atoms with Crippen LogP contribution in [0.5, 0.6) is 5.75 Å². The zero-order valence-electron chi connectivity index (χ0n) is 6.89. The molecule has 0 radical (unpaired) electrons.